The fraction of sp³-hybridized carbons (Fsp3) is 0.278. The van der Waals surface area contributed by atoms with Crippen molar-refractivity contribution in [3.63, 3.8) is 0 Å². The molecule has 0 aliphatic rings. The van der Waals surface area contributed by atoms with Crippen molar-refractivity contribution in [1.29, 1.82) is 0 Å². The van der Waals surface area contributed by atoms with Gasteiger partial charge >= 0.3 is 0 Å². The molecule has 2 N–H and O–H groups in total. The van der Waals surface area contributed by atoms with Crippen LogP contribution in [-0.4, -0.2) is 42.8 Å². The van der Waals surface area contributed by atoms with E-state index in [1.54, 1.807) is 19.2 Å². The van der Waals surface area contributed by atoms with Gasteiger partial charge in [0, 0.05) is 26.6 Å². The predicted molar refractivity (Wildman–Crippen MR) is 97.2 cm³/mol. The quantitative estimate of drug-likeness (QED) is 0.752. The van der Waals surface area contributed by atoms with Gasteiger partial charge in [-0.25, -0.2) is 0 Å². The lowest BCUT2D eigenvalue weighted by atomic mass is 10.2. The zero-order valence-electron chi connectivity index (χ0n) is 14.0. The van der Waals surface area contributed by atoms with Crippen molar-refractivity contribution in [2.45, 2.75) is 13.0 Å². The highest BCUT2D eigenvalue weighted by Gasteiger charge is 2.15. The minimum absolute atomic E-state index is 0.0393. The number of carbonyl (C=O) groups excluding carboxylic acids is 3. The summed E-state index contributed by atoms with van der Waals surface area (Å²) in [7, 11) is 1.58. The maximum Gasteiger partial charge on any atom is 0.264 e. The van der Waals surface area contributed by atoms with Crippen molar-refractivity contribution in [2.24, 2.45) is 0 Å². The summed E-state index contributed by atoms with van der Waals surface area (Å²) in [5.74, 6) is -0.610. The van der Waals surface area contributed by atoms with E-state index in [9.17, 15) is 14.4 Å². The molecule has 0 saturated carbocycles. The lowest BCUT2D eigenvalue weighted by molar-refractivity contribution is -0.122. The smallest absolute Gasteiger partial charge is 0.264 e. The molecule has 3 amide bonds. The summed E-state index contributed by atoms with van der Waals surface area (Å²) in [6, 6.07) is 13.1. The maximum atomic E-state index is 12.0. The van der Waals surface area contributed by atoms with E-state index in [0.29, 0.717) is 11.4 Å². The van der Waals surface area contributed by atoms with Crippen molar-refractivity contribution in [1.82, 2.24) is 15.5 Å². The van der Waals surface area contributed by atoms with Gasteiger partial charge < -0.3 is 15.5 Å². The number of rotatable bonds is 8. The van der Waals surface area contributed by atoms with E-state index in [0.717, 1.165) is 5.56 Å². The molecule has 0 atom stereocenters. The Morgan fingerprint density at radius 3 is 2.44 bits per heavy atom. The average Bonchev–Trinajstić information content (AvgIpc) is 3.14. The van der Waals surface area contributed by atoms with Crippen LogP contribution in [0.3, 0.4) is 0 Å². The number of nitrogens with one attached hydrogen (secondary N) is 2. The Labute approximate surface area is 150 Å². The van der Waals surface area contributed by atoms with E-state index >= 15 is 0 Å². The van der Waals surface area contributed by atoms with E-state index < -0.39 is 0 Å². The second kappa shape index (κ2) is 9.58. The Morgan fingerprint density at radius 1 is 1.00 bits per heavy atom. The van der Waals surface area contributed by atoms with E-state index in [-0.39, 0.29) is 37.2 Å². The van der Waals surface area contributed by atoms with Crippen LogP contribution in [0.25, 0.3) is 0 Å². The van der Waals surface area contributed by atoms with Crippen LogP contribution in [0.15, 0.2) is 47.8 Å². The third-order valence-electron chi connectivity index (χ3n) is 3.47. The molecule has 0 fully saturated rings. The van der Waals surface area contributed by atoms with Crippen molar-refractivity contribution in [2.75, 3.05) is 20.1 Å². The first kappa shape index (κ1) is 18.7. The van der Waals surface area contributed by atoms with Gasteiger partial charge in [-0.3, -0.25) is 14.4 Å². The molecule has 0 spiro atoms. The third kappa shape index (κ3) is 6.39. The number of nitrogens with zero attached hydrogens (tertiary/aromatic N) is 1. The van der Waals surface area contributed by atoms with Gasteiger partial charge in [0.25, 0.3) is 5.91 Å². The number of likely N-dealkylation sites (N-methyl/N-ethyl adjacent to an activating group) is 1. The molecule has 0 aliphatic heterocycles. The molecule has 0 bridgehead atoms. The molecule has 132 valence electrons. The number of hydrogen-bond donors (Lipinski definition) is 2. The van der Waals surface area contributed by atoms with Crippen LogP contribution in [0.1, 0.15) is 21.7 Å². The van der Waals surface area contributed by atoms with Crippen molar-refractivity contribution in [3.8, 4) is 0 Å². The van der Waals surface area contributed by atoms with E-state index in [1.165, 1.54) is 16.2 Å². The molecule has 0 aliphatic carbocycles. The van der Waals surface area contributed by atoms with Gasteiger partial charge in [-0.05, 0) is 17.0 Å². The largest absolute Gasteiger partial charge is 0.354 e. The normalized spacial score (nSPS) is 10.1. The Morgan fingerprint density at radius 2 is 1.76 bits per heavy atom. The minimum Gasteiger partial charge on any atom is -0.354 e. The molecule has 2 aromatic rings. The van der Waals surface area contributed by atoms with Crippen LogP contribution in [0.2, 0.25) is 0 Å². The highest BCUT2D eigenvalue weighted by Crippen LogP contribution is 2.10. The van der Waals surface area contributed by atoms with Gasteiger partial charge in [0.2, 0.25) is 11.8 Å². The molecule has 0 radical (unpaired) electrons. The fourth-order valence-electron chi connectivity index (χ4n) is 2.13. The summed E-state index contributed by atoms with van der Waals surface area (Å²) in [6.45, 7) is 0.661. The van der Waals surface area contributed by atoms with E-state index in [4.69, 9.17) is 0 Å². The lowest BCUT2D eigenvalue weighted by Crippen LogP contribution is -2.39. The number of amides is 3. The van der Waals surface area contributed by atoms with Crippen LogP contribution in [0.4, 0.5) is 0 Å². The topological polar surface area (TPSA) is 78.5 Å². The van der Waals surface area contributed by atoms with Gasteiger partial charge in [-0.15, -0.1) is 11.3 Å². The summed E-state index contributed by atoms with van der Waals surface area (Å²) in [6.07, 6.45) is 0.196. The van der Waals surface area contributed by atoms with Gasteiger partial charge in [0.1, 0.15) is 0 Å². The first-order valence-corrected chi connectivity index (χ1v) is 8.80. The highest BCUT2D eigenvalue weighted by molar-refractivity contribution is 7.12. The molecule has 6 nitrogen and oxygen atoms in total. The summed E-state index contributed by atoms with van der Waals surface area (Å²) >= 11 is 1.34. The lowest BCUT2D eigenvalue weighted by Gasteiger charge is -2.15. The van der Waals surface area contributed by atoms with Crippen molar-refractivity contribution in [3.05, 3.63) is 58.3 Å². The van der Waals surface area contributed by atoms with Crippen LogP contribution in [-0.2, 0) is 16.1 Å². The monoisotopic (exact) mass is 359 g/mol. The van der Waals surface area contributed by atoms with Crippen molar-refractivity contribution >= 4 is 29.1 Å². The van der Waals surface area contributed by atoms with E-state index in [2.05, 4.69) is 10.6 Å². The van der Waals surface area contributed by atoms with Gasteiger partial charge in [-0.1, -0.05) is 36.4 Å². The molecular formula is C18H21N3O3S. The molecule has 1 aromatic heterocycles. The zero-order valence-corrected chi connectivity index (χ0v) is 14.8. The fourth-order valence-corrected chi connectivity index (χ4v) is 2.85. The molecular weight excluding hydrogens is 338 g/mol. The molecule has 2 rings (SSSR count). The Balaban J connectivity index is 1.63. The van der Waals surface area contributed by atoms with Gasteiger partial charge in [0.05, 0.1) is 11.4 Å². The molecule has 0 saturated heterocycles. The molecule has 25 heavy (non-hydrogen) atoms. The van der Waals surface area contributed by atoms with E-state index in [1.807, 2.05) is 35.7 Å². The summed E-state index contributed by atoms with van der Waals surface area (Å²) < 4.78 is 0. The number of carbonyl (C=O) groups is 3. The first-order chi connectivity index (χ1) is 12.1. The van der Waals surface area contributed by atoms with Crippen LogP contribution in [0.5, 0.6) is 0 Å². The highest BCUT2D eigenvalue weighted by atomic mass is 32.1. The number of hydrogen-bond acceptors (Lipinski definition) is 4. The second-order valence-corrected chi connectivity index (χ2v) is 6.45. The predicted octanol–water partition coefficient (Wildman–Crippen LogP) is 1.64. The zero-order chi connectivity index (χ0) is 18.1. The maximum absolute atomic E-state index is 12.0. The number of thiophene rings is 1. The molecule has 1 heterocycles. The SMILES string of the molecule is CN(CC(=O)NCCC(=O)NCc1ccccc1)C(=O)c1cccs1. The van der Waals surface area contributed by atoms with Crippen molar-refractivity contribution < 1.29 is 14.4 Å². The van der Waals surface area contributed by atoms with Crippen LogP contribution in [0, 0.1) is 0 Å². The van der Waals surface area contributed by atoms with Crippen LogP contribution < -0.4 is 10.6 Å². The Bertz CT molecular complexity index is 702. The third-order valence-corrected chi connectivity index (χ3v) is 4.32. The summed E-state index contributed by atoms with van der Waals surface area (Å²) in [4.78, 5) is 37.6. The number of benzene rings is 1. The van der Waals surface area contributed by atoms with Gasteiger partial charge in [0.15, 0.2) is 0 Å². The second-order valence-electron chi connectivity index (χ2n) is 5.50. The average molecular weight is 359 g/mol. The summed E-state index contributed by atoms with van der Waals surface area (Å²) in [5, 5.41) is 7.26. The first-order valence-electron chi connectivity index (χ1n) is 7.92. The summed E-state index contributed by atoms with van der Waals surface area (Å²) in [5.41, 5.74) is 1.02. The molecule has 0 unspecified atom stereocenters. The Kier molecular flexibility index (Phi) is 7.16. The standard InChI is InChI=1S/C18H21N3O3S/c1-21(18(24)15-8-5-11-25-15)13-17(23)19-10-9-16(22)20-12-14-6-3-2-4-7-14/h2-8,11H,9-10,12-13H2,1H3,(H,19,23)(H,20,22). The van der Waals surface area contributed by atoms with Gasteiger partial charge in [-0.2, -0.15) is 0 Å². The molecule has 7 heteroatoms. The minimum atomic E-state index is -0.289. The Hall–Kier alpha value is -2.67. The molecule has 1 aromatic carbocycles. The van der Waals surface area contributed by atoms with Crippen LogP contribution >= 0.6 is 11.3 Å².